The largest absolute Gasteiger partial charge is 0.416 e. The molecular weight excluding hydrogens is 243 g/mol. The molecule has 1 aromatic rings. The third-order valence-electron chi connectivity index (χ3n) is 2.63. The summed E-state index contributed by atoms with van der Waals surface area (Å²) in [6.45, 7) is 0.948. The van der Waals surface area contributed by atoms with Crippen molar-refractivity contribution in [3.8, 4) is 0 Å². The minimum atomic E-state index is -4.27. The van der Waals surface area contributed by atoms with Crippen molar-refractivity contribution in [3.05, 3.63) is 29.8 Å². The van der Waals surface area contributed by atoms with Gasteiger partial charge >= 0.3 is 6.18 Å². The summed E-state index contributed by atoms with van der Waals surface area (Å²) in [7, 11) is 0. The molecule has 0 fully saturated rings. The first kappa shape index (κ1) is 14.8. The number of aliphatic hydroxyl groups is 1. The smallest absolute Gasteiger partial charge is 0.396 e. The summed E-state index contributed by atoms with van der Waals surface area (Å²) in [5, 5.41) is 11.7. The molecule has 0 saturated heterocycles. The van der Waals surface area contributed by atoms with Crippen LogP contribution in [0, 0.1) is 0 Å². The normalized spacial score (nSPS) is 11.6. The molecule has 0 amide bonds. The predicted molar refractivity (Wildman–Crippen MR) is 65.5 cm³/mol. The van der Waals surface area contributed by atoms with Crippen molar-refractivity contribution in [1.29, 1.82) is 0 Å². The van der Waals surface area contributed by atoms with E-state index in [1.807, 2.05) is 0 Å². The number of nitrogens with one attached hydrogen (secondary N) is 1. The van der Waals surface area contributed by atoms with Gasteiger partial charge in [-0.25, -0.2) is 0 Å². The standard InChI is InChI=1S/C13H18F3NO/c14-13(15,16)11-5-7-12(8-6-11)17-9-3-1-2-4-10-18/h5-8,17-18H,1-4,9-10H2. The van der Waals surface area contributed by atoms with Gasteiger partial charge in [-0.2, -0.15) is 13.2 Å². The van der Waals surface area contributed by atoms with Crippen LogP contribution in [0.1, 0.15) is 31.2 Å². The van der Waals surface area contributed by atoms with Crippen LogP contribution in [0.2, 0.25) is 0 Å². The van der Waals surface area contributed by atoms with Gasteiger partial charge in [-0.3, -0.25) is 0 Å². The topological polar surface area (TPSA) is 32.3 Å². The molecule has 5 heteroatoms. The van der Waals surface area contributed by atoms with Crippen LogP contribution in [0.25, 0.3) is 0 Å². The van der Waals surface area contributed by atoms with Gasteiger partial charge in [0.05, 0.1) is 5.56 Å². The first-order valence-electron chi connectivity index (χ1n) is 6.06. The summed E-state index contributed by atoms with van der Waals surface area (Å²) in [6, 6.07) is 5.04. The molecular formula is C13H18F3NO. The quantitative estimate of drug-likeness (QED) is 0.734. The number of anilines is 1. The van der Waals surface area contributed by atoms with Crippen molar-refractivity contribution >= 4 is 5.69 Å². The van der Waals surface area contributed by atoms with Crippen molar-refractivity contribution in [3.63, 3.8) is 0 Å². The molecule has 0 aromatic heterocycles. The van der Waals surface area contributed by atoms with Crippen molar-refractivity contribution < 1.29 is 18.3 Å². The molecule has 1 aromatic carbocycles. The van der Waals surface area contributed by atoms with E-state index in [1.54, 1.807) is 0 Å². The molecule has 2 nitrogen and oxygen atoms in total. The maximum atomic E-state index is 12.3. The van der Waals surface area contributed by atoms with E-state index in [2.05, 4.69) is 5.32 Å². The van der Waals surface area contributed by atoms with Crippen molar-refractivity contribution in [2.75, 3.05) is 18.5 Å². The Morgan fingerprint density at radius 2 is 1.56 bits per heavy atom. The lowest BCUT2D eigenvalue weighted by atomic mass is 10.2. The number of hydrogen-bond donors (Lipinski definition) is 2. The van der Waals surface area contributed by atoms with Crippen LogP contribution in [0.15, 0.2) is 24.3 Å². The molecule has 0 spiro atoms. The third kappa shape index (κ3) is 5.40. The highest BCUT2D eigenvalue weighted by Gasteiger charge is 2.29. The fraction of sp³-hybridized carbons (Fsp3) is 0.538. The Balaban J connectivity index is 2.27. The summed E-state index contributed by atoms with van der Waals surface area (Å²) >= 11 is 0. The van der Waals surface area contributed by atoms with Crippen molar-refractivity contribution in [1.82, 2.24) is 0 Å². The fourth-order valence-corrected chi connectivity index (χ4v) is 1.60. The molecule has 0 radical (unpaired) electrons. The number of benzene rings is 1. The molecule has 0 aliphatic carbocycles. The minimum absolute atomic E-state index is 0.215. The molecule has 0 unspecified atom stereocenters. The zero-order valence-electron chi connectivity index (χ0n) is 10.1. The van der Waals surface area contributed by atoms with Crippen LogP contribution >= 0.6 is 0 Å². The second kappa shape index (κ2) is 7.26. The lowest BCUT2D eigenvalue weighted by Gasteiger charge is -2.09. The van der Waals surface area contributed by atoms with E-state index in [4.69, 9.17) is 5.11 Å². The fourth-order valence-electron chi connectivity index (χ4n) is 1.60. The SMILES string of the molecule is OCCCCCCNc1ccc(C(F)(F)F)cc1. The Morgan fingerprint density at radius 1 is 0.944 bits per heavy atom. The predicted octanol–water partition coefficient (Wildman–Crippen LogP) is 3.67. The van der Waals surface area contributed by atoms with Crippen molar-refractivity contribution in [2.45, 2.75) is 31.9 Å². The molecule has 18 heavy (non-hydrogen) atoms. The van der Waals surface area contributed by atoms with Gasteiger partial charge in [-0.15, -0.1) is 0 Å². The maximum absolute atomic E-state index is 12.3. The number of alkyl halides is 3. The van der Waals surface area contributed by atoms with Crippen LogP contribution in [0.3, 0.4) is 0 Å². The van der Waals surface area contributed by atoms with Gasteiger partial charge in [0, 0.05) is 18.8 Å². The molecule has 0 bridgehead atoms. The Morgan fingerprint density at radius 3 is 2.11 bits per heavy atom. The average Bonchev–Trinajstić information content (AvgIpc) is 2.33. The van der Waals surface area contributed by atoms with E-state index >= 15 is 0 Å². The van der Waals surface area contributed by atoms with Gasteiger partial charge < -0.3 is 10.4 Å². The number of halogens is 3. The zero-order valence-corrected chi connectivity index (χ0v) is 10.1. The van der Waals surface area contributed by atoms with Crippen LogP contribution in [-0.2, 0) is 6.18 Å². The van der Waals surface area contributed by atoms with Crippen LogP contribution in [0.5, 0.6) is 0 Å². The summed E-state index contributed by atoms with van der Waals surface area (Å²) in [6.07, 6.45) is -0.538. The Bertz CT molecular complexity index is 335. The minimum Gasteiger partial charge on any atom is -0.396 e. The number of hydrogen-bond acceptors (Lipinski definition) is 2. The lowest BCUT2D eigenvalue weighted by Crippen LogP contribution is -2.06. The third-order valence-corrected chi connectivity index (χ3v) is 2.63. The van der Waals surface area contributed by atoms with Gasteiger partial charge in [-0.05, 0) is 37.1 Å². The Hall–Kier alpha value is -1.23. The molecule has 102 valence electrons. The highest BCUT2D eigenvalue weighted by atomic mass is 19.4. The first-order chi connectivity index (χ1) is 8.54. The van der Waals surface area contributed by atoms with Gasteiger partial charge in [0.1, 0.15) is 0 Å². The molecule has 0 aliphatic rings. The molecule has 0 atom stereocenters. The second-order valence-corrected chi connectivity index (χ2v) is 4.14. The van der Waals surface area contributed by atoms with Crippen LogP contribution in [0.4, 0.5) is 18.9 Å². The lowest BCUT2D eigenvalue weighted by molar-refractivity contribution is -0.137. The number of aliphatic hydroxyl groups excluding tert-OH is 1. The number of rotatable bonds is 7. The Labute approximate surface area is 105 Å². The van der Waals surface area contributed by atoms with Crippen LogP contribution in [-0.4, -0.2) is 18.3 Å². The van der Waals surface area contributed by atoms with E-state index in [-0.39, 0.29) is 6.61 Å². The highest BCUT2D eigenvalue weighted by molar-refractivity contribution is 5.44. The van der Waals surface area contributed by atoms with Gasteiger partial charge in [0.25, 0.3) is 0 Å². The van der Waals surface area contributed by atoms with Gasteiger partial charge in [-0.1, -0.05) is 12.8 Å². The van der Waals surface area contributed by atoms with Gasteiger partial charge in [0.15, 0.2) is 0 Å². The average molecular weight is 261 g/mol. The monoisotopic (exact) mass is 261 g/mol. The first-order valence-corrected chi connectivity index (χ1v) is 6.06. The van der Waals surface area contributed by atoms with E-state index in [0.717, 1.165) is 44.4 Å². The van der Waals surface area contributed by atoms with Crippen LogP contribution < -0.4 is 5.32 Å². The molecule has 2 N–H and O–H groups in total. The second-order valence-electron chi connectivity index (χ2n) is 4.14. The summed E-state index contributed by atoms with van der Waals surface area (Å²) in [4.78, 5) is 0. The molecule has 0 aliphatic heterocycles. The Kier molecular flexibility index (Phi) is 5.98. The summed E-state index contributed by atoms with van der Waals surface area (Å²) in [5.74, 6) is 0. The van der Waals surface area contributed by atoms with Crippen molar-refractivity contribution in [2.24, 2.45) is 0 Å². The highest BCUT2D eigenvalue weighted by Crippen LogP contribution is 2.29. The van der Waals surface area contributed by atoms with E-state index in [1.165, 1.54) is 12.1 Å². The van der Waals surface area contributed by atoms with E-state index in [0.29, 0.717) is 5.69 Å². The number of unbranched alkanes of at least 4 members (excludes halogenated alkanes) is 3. The zero-order chi connectivity index (χ0) is 13.4. The van der Waals surface area contributed by atoms with E-state index < -0.39 is 11.7 Å². The molecule has 0 saturated carbocycles. The summed E-state index contributed by atoms with van der Waals surface area (Å²) < 4.78 is 36.9. The molecule has 0 heterocycles. The van der Waals surface area contributed by atoms with Gasteiger partial charge in [0.2, 0.25) is 0 Å². The summed E-state index contributed by atoms with van der Waals surface area (Å²) in [5.41, 5.74) is 0.0705. The molecule has 1 rings (SSSR count). The maximum Gasteiger partial charge on any atom is 0.416 e. The van der Waals surface area contributed by atoms with E-state index in [9.17, 15) is 13.2 Å².